The maximum Gasteiger partial charge on any atom is 0.416 e. The molecule has 0 radical (unpaired) electrons. The Morgan fingerprint density at radius 1 is 1.18 bits per heavy atom. The topological polar surface area (TPSA) is 55.8 Å². The summed E-state index contributed by atoms with van der Waals surface area (Å²) in [6, 6.07) is 9.90. The first-order valence-electron chi connectivity index (χ1n) is 8.26. The van der Waals surface area contributed by atoms with Crippen molar-refractivity contribution in [3.05, 3.63) is 65.9 Å². The highest BCUT2D eigenvalue weighted by Crippen LogP contribution is 2.31. The molecule has 0 aromatic heterocycles. The Labute approximate surface area is 165 Å². The highest BCUT2D eigenvalue weighted by atomic mass is 32.2. The number of ether oxygens (including phenoxy) is 2. The average molecular weight is 412 g/mol. The summed E-state index contributed by atoms with van der Waals surface area (Å²) in [6.07, 6.45) is -3.86. The molecule has 0 aliphatic rings. The molecule has 1 N–H and O–H groups in total. The minimum Gasteiger partial charge on any atom is -0.482 e. The molecule has 28 heavy (non-hydrogen) atoms. The third-order valence-corrected chi connectivity index (χ3v) is 4.59. The Morgan fingerprint density at radius 3 is 2.43 bits per heavy atom. The zero-order valence-electron chi connectivity index (χ0n) is 15.1. The molecule has 0 amide bonds. The Morgan fingerprint density at radius 2 is 1.86 bits per heavy atom. The van der Waals surface area contributed by atoms with Crippen molar-refractivity contribution in [1.29, 1.82) is 0 Å². The molecule has 0 bridgehead atoms. The minimum atomic E-state index is -4.38. The number of allylic oxidation sites excluding steroid dienone is 1. The molecular formula is C20H19F3O4S. The summed E-state index contributed by atoms with van der Waals surface area (Å²) in [5, 5.41) is 8.64. The number of thioether (sulfide) groups is 1. The fourth-order valence-electron chi connectivity index (χ4n) is 2.23. The van der Waals surface area contributed by atoms with Gasteiger partial charge in [-0.15, -0.1) is 11.8 Å². The second kappa shape index (κ2) is 9.54. The predicted molar refractivity (Wildman–Crippen MR) is 101 cm³/mol. The second-order valence-corrected chi connectivity index (χ2v) is 7.04. The minimum absolute atomic E-state index is 0.304. The Kier molecular flexibility index (Phi) is 7.39. The summed E-state index contributed by atoms with van der Waals surface area (Å²) in [5.74, 6) is 0.893. The van der Waals surface area contributed by atoms with Crippen LogP contribution in [-0.4, -0.2) is 23.4 Å². The van der Waals surface area contributed by atoms with Crippen LogP contribution in [0.25, 0.3) is 0 Å². The number of carbonyl (C=O) groups is 1. The average Bonchev–Trinajstić information content (AvgIpc) is 2.60. The number of carboxylic acids is 1. The van der Waals surface area contributed by atoms with Crippen molar-refractivity contribution in [2.24, 2.45) is 0 Å². The number of hydrogen-bond acceptors (Lipinski definition) is 4. The highest BCUT2D eigenvalue weighted by Gasteiger charge is 2.30. The molecule has 0 saturated heterocycles. The van der Waals surface area contributed by atoms with Crippen LogP contribution in [0, 0.1) is 6.92 Å². The van der Waals surface area contributed by atoms with Gasteiger partial charge < -0.3 is 14.6 Å². The van der Waals surface area contributed by atoms with Crippen molar-refractivity contribution in [2.75, 3.05) is 12.4 Å². The van der Waals surface area contributed by atoms with Gasteiger partial charge in [0, 0.05) is 17.1 Å². The van der Waals surface area contributed by atoms with Crippen molar-refractivity contribution in [1.82, 2.24) is 0 Å². The van der Waals surface area contributed by atoms with Crippen molar-refractivity contribution in [3.8, 4) is 11.5 Å². The fourth-order valence-corrected chi connectivity index (χ4v) is 3.22. The molecule has 0 fully saturated rings. The van der Waals surface area contributed by atoms with Crippen LogP contribution in [0.4, 0.5) is 13.2 Å². The van der Waals surface area contributed by atoms with Gasteiger partial charge in [0.2, 0.25) is 0 Å². The molecular weight excluding hydrogens is 393 g/mol. The molecule has 2 aromatic rings. The second-order valence-electron chi connectivity index (χ2n) is 5.87. The van der Waals surface area contributed by atoms with Gasteiger partial charge in [-0.2, -0.15) is 13.2 Å². The molecule has 0 aliphatic heterocycles. The third kappa shape index (κ3) is 6.84. The van der Waals surface area contributed by atoms with Crippen LogP contribution in [0.2, 0.25) is 0 Å². The standard InChI is InChI=1S/C20H19F3O4S/c1-13-11-17(7-8-18(13)26-12-19(24)25)28-10-9-14(2)27-16-5-3-15(4-6-16)20(21,22)23/h3-8,11H,2,9-10,12H2,1H3,(H,24,25). The van der Waals surface area contributed by atoms with Crippen LogP contribution in [0.5, 0.6) is 11.5 Å². The zero-order valence-corrected chi connectivity index (χ0v) is 15.9. The summed E-state index contributed by atoms with van der Waals surface area (Å²) < 4.78 is 48.3. The molecule has 4 nitrogen and oxygen atoms in total. The quantitative estimate of drug-likeness (QED) is 0.432. The maximum absolute atomic E-state index is 12.5. The van der Waals surface area contributed by atoms with E-state index in [1.807, 2.05) is 19.1 Å². The molecule has 0 atom stereocenters. The van der Waals surface area contributed by atoms with Crippen LogP contribution >= 0.6 is 11.8 Å². The molecule has 2 aromatic carbocycles. The van der Waals surface area contributed by atoms with E-state index in [1.54, 1.807) is 17.8 Å². The Balaban J connectivity index is 1.80. The first kappa shape index (κ1) is 21.7. The Bertz CT molecular complexity index is 832. The van der Waals surface area contributed by atoms with Crippen LogP contribution < -0.4 is 9.47 Å². The van der Waals surface area contributed by atoms with Crippen molar-refractivity contribution < 1.29 is 32.5 Å². The number of alkyl halides is 3. The van der Waals surface area contributed by atoms with Crippen molar-refractivity contribution >= 4 is 17.7 Å². The normalized spacial score (nSPS) is 11.1. The van der Waals surface area contributed by atoms with E-state index in [-0.39, 0.29) is 0 Å². The van der Waals surface area contributed by atoms with E-state index in [0.29, 0.717) is 29.4 Å². The summed E-state index contributed by atoms with van der Waals surface area (Å²) >= 11 is 1.55. The van der Waals surface area contributed by atoms with E-state index < -0.39 is 24.3 Å². The van der Waals surface area contributed by atoms with Gasteiger partial charge in [-0.05, 0) is 55.0 Å². The van der Waals surface area contributed by atoms with Gasteiger partial charge >= 0.3 is 12.1 Å². The molecule has 0 unspecified atom stereocenters. The first-order valence-corrected chi connectivity index (χ1v) is 9.24. The maximum atomic E-state index is 12.5. The van der Waals surface area contributed by atoms with Crippen molar-refractivity contribution in [3.63, 3.8) is 0 Å². The molecule has 0 aliphatic carbocycles. The van der Waals surface area contributed by atoms with E-state index in [0.717, 1.165) is 22.6 Å². The number of hydrogen-bond donors (Lipinski definition) is 1. The monoisotopic (exact) mass is 412 g/mol. The summed E-state index contributed by atoms with van der Waals surface area (Å²) in [7, 11) is 0. The number of aryl methyl sites for hydroxylation is 1. The van der Waals surface area contributed by atoms with Gasteiger partial charge in [0.1, 0.15) is 11.5 Å². The third-order valence-electron chi connectivity index (χ3n) is 3.59. The van der Waals surface area contributed by atoms with Crippen molar-refractivity contribution in [2.45, 2.75) is 24.4 Å². The van der Waals surface area contributed by atoms with Crippen LogP contribution in [0.15, 0.2) is 59.7 Å². The summed E-state index contributed by atoms with van der Waals surface area (Å²) in [5.41, 5.74) is 0.0956. The smallest absolute Gasteiger partial charge is 0.416 e. The van der Waals surface area contributed by atoms with Gasteiger partial charge in [0.15, 0.2) is 6.61 Å². The summed E-state index contributed by atoms with van der Waals surface area (Å²) in [6.45, 7) is 5.22. The summed E-state index contributed by atoms with van der Waals surface area (Å²) in [4.78, 5) is 11.5. The fraction of sp³-hybridized carbons (Fsp3) is 0.250. The highest BCUT2D eigenvalue weighted by molar-refractivity contribution is 7.99. The molecule has 0 saturated carbocycles. The molecule has 0 spiro atoms. The Hall–Kier alpha value is -2.61. The lowest BCUT2D eigenvalue weighted by Gasteiger charge is -2.11. The lowest BCUT2D eigenvalue weighted by atomic mass is 10.2. The van der Waals surface area contributed by atoms with E-state index >= 15 is 0 Å². The largest absolute Gasteiger partial charge is 0.482 e. The van der Waals surface area contributed by atoms with Gasteiger partial charge in [0.25, 0.3) is 0 Å². The van der Waals surface area contributed by atoms with Gasteiger partial charge in [-0.25, -0.2) is 4.79 Å². The lowest BCUT2D eigenvalue weighted by Crippen LogP contribution is -2.10. The van der Waals surface area contributed by atoms with Gasteiger partial charge in [-0.3, -0.25) is 0 Å². The number of halogens is 3. The lowest BCUT2D eigenvalue weighted by molar-refractivity contribution is -0.139. The molecule has 0 heterocycles. The van der Waals surface area contributed by atoms with E-state index in [9.17, 15) is 18.0 Å². The van der Waals surface area contributed by atoms with E-state index in [4.69, 9.17) is 14.6 Å². The van der Waals surface area contributed by atoms with Crippen LogP contribution in [0.1, 0.15) is 17.5 Å². The number of rotatable bonds is 9. The van der Waals surface area contributed by atoms with Crippen LogP contribution in [0.3, 0.4) is 0 Å². The number of carboxylic acid groups (broad SMARTS) is 1. The van der Waals surface area contributed by atoms with Gasteiger partial charge in [0.05, 0.1) is 11.3 Å². The van der Waals surface area contributed by atoms with Gasteiger partial charge in [-0.1, -0.05) is 6.58 Å². The first-order chi connectivity index (χ1) is 13.1. The van der Waals surface area contributed by atoms with E-state index in [1.165, 1.54) is 12.1 Å². The SMILES string of the molecule is C=C(CCSc1ccc(OCC(=O)O)c(C)c1)Oc1ccc(C(F)(F)F)cc1. The molecule has 150 valence electrons. The predicted octanol–water partition coefficient (Wildman–Crippen LogP) is 5.55. The van der Waals surface area contributed by atoms with E-state index in [2.05, 4.69) is 6.58 Å². The number of benzene rings is 2. The molecule has 2 rings (SSSR count). The molecule has 8 heteroatoms. The van der Waals surface area contributed by atoms with Crippen LogP contribution in [-0.2, 0) is 11.0 Å². The number of aliphatic carboxylic acids is 1. The zero-order chi connectivity index (χ0) is 20.7.